The molecule has 1 aliphatic heterocycles. The van der Waals surface area contributed by atoms with Crippen LogP contribution in [0.25, 0.3) is 0 Å². The first kappa shape index (κ1) is 20.4. The fourth-order valence-electron chi connectivity index (χ4n) is 2.81. The van der Waals surface area contributed by atoms with Gasteiger partial charge in [0.2, 0.25) is 0 Å². The summed E-state index contributed by atoms with van der Waals surface area (Å²) in [6.45, 7) is 1.51. The number of esters is 1. The van der Waals surface area contributed by atoms with Crippen molar-refractivity contribution in [3.63, 3.8) is 0 Å². The molecule has 0 saturated carbocycles. The van der Waals surface area contributed by atoms with E-state index in [-0.39, 0.29) is 16.8 Å². The molecule has 1 saturated heterocycles. The minimum Gasteiger partial charge on any atom is -0.449 e. The number of nitrogens with one attached hydrogen (secondary N) is 1. The van der Waals surface area contributed by atoms with Gasteiger partial charge < -0.3 is 10.1 Å². The molecule has 0 spiro atoms. The summed E-state index contributed by atoms with van der Waals surface area (Å²) in [6.07, 6.45) is -0.413. The Labute approximate surface area is 168 Å². The van der Waals surface area contributed by atoms with Crippen molar-refractivity contribution in [2.75, 3.05) is 16.8 Å². The van der Waals surface area contributed by atoms with Crippen LogP contribution in [0.5, 0.6) is 0 Å². The smallest absolute Gasteiger partial charge is 0.340 e. The van der Waals surface area contributed by atoms with Crippen molar-refractivity contribution in [2.24, 2.45) is 0 Å². The molecule has 2 aromatic carbocycles. The van der Waals surface area contributed by atoms with Crippen molar-refractivity contribution in [1.82, 2.24) is 0 Å². The number of thioether (sulfide) groups is 1. The second-order valence-electron chi connectivity index (χ2n) is 6.54. The number of hydrogen-bond donors (Lipinski definition) is 1. The second kappa shape index (κ2) is 8.79. The summed E-state index contributed by atoms with van der Waals surface area (Å²) in [6, 6.07) is 15.8. The highest BCUT2D eigenvalue weighted by Crippen LogP contribution is 2.33. The quantitative estimate of drug-likeness (QED) is 0.724. The van der Waals surface area contributed by atoms with Gasteiger partial charge in [-0.2, -0.15) is 0 Å². The lowest BCUT2D eigenvalue weighted by Crippen LogP contribution is -2.30. The minimum atomic E-state index is -3.00. The maximum Gasteiger partial charge on any atom is 0.340 e. The zero-order valence-electron chi connectivity index (χ0n) is 15.3. The lowest BCUT2D eigenvalue weighted by Gasteiger charge is -2.16. The van der Waals surface area contributed by atoms with Crippen molar-refractivity contribution < 1.29 is 22.7 Å². The highest BCUT2D eigenvalue weighted by atomic mass is 32.2. The van der Waals surface area contributed by atoms with Crippen LogP contribution in [0.4, 0.5) is 5.69 Å². The third kappa shape index (κ3) is 5.36. The average Bonchev–Trinajstić information content (AvgIpc) is 3.01. The summed E-state index contributed by atoms with van der Waals surface area (Å²) in [5, 5.41) is 2.61. The van der Waals surface area contributed by atoms with E-state index in [1.54, 1.807) is 48.5 Å². The van der Waals surface area contributed by atoms with Crippen LogP contribution in [0.2, 0.25) is 0 Å². The number of sulfone groups is 1. The summed E-state index contributed by atoms with van der Waals surface area (Å²) in [5.74, 6) is -0.753. The molecule has 28 heavy (non-hydrogen) atoms. The van der Waals surface area contributed by atoms with E-state index >= 15 is 0 Å². The molecule has 6 nitrogen and oxygen atoms in total. The Morgan fingerprint density at radius 3 is 2.46 bits per heavy atom. The summed E-state index contributed by atoms with van der Waals surface area (Å²) in [5.41, 5.74) is 0.949. The van der Waals surface area contributed by atoms with Gasteiger partial charge in [0.25, 0.3) is 5.91 Å². The van der Waals surface area contributed by atoms with Gasteiger partial charge in [0.1, 0.15) is 0 Å². The molecule has 3 rings (SSSR count). The molecule has 0 aromatic heterocycles. The number of para-hydroxylation sites is 1. The van der Waals surface area contributed by atoms with Crippen LogP contribution in [0.1, 0.15) is 23.7 Å². The van der Waals surface area contributed by atoms with Gasteiger partial charge in [0, 0.05) is 15.8 Å². The first-order chi connectivity index (χ1) is 13.3. The fraction of sp³-hybridized carbons (Fsp3) is 0.300. The van der Waals surface area contributed by atoms with Crippen molar-refractivity contribution in [3.05, 3.63) is 60.2 Å². The molecule has 0 aliphatic carbocycles. The van der Waals surface area contributed by atoms with E-state index < -0.39 is 27.8 Å². The van der Waals surface area contributed by atoms with Crippen molar-refractivity contribution >= 4 is 39.2 Å². The summed E-state index contributed by atoms with van der Waals surface area (Å²) < 4.78 is 28.7. The summed E-state index contributed by atoms with van der Waals surface area (Å²) in [4.78, 5) is 25.5. The van der Waals surface area contributed by atoms with E-state index in [1.807, 2.05) is 6.07 Å². The molecule has 2 atom stereocenters. The number of carbonyl (C=O) groups is 2. The summed E-state index contributed by atoms with van der Waals surface area (Å²) >= 11 is 1.37. The zero-order valence-corrected chi connectivity index (χ0v) is 17.0. The van der Waals surface area contributed by atoms with Crippen molar-refractivity contribution in [3.8, 4) is 0 Å². The highest BCUT2D eigenvalue weighted by molar-refractivity contribution is 8.02. The van der Waals surface area contributed by atoms with E-state index in [2.05, 4.69) is 5.32 Å². The lowest BCUT2D eigenvalue weighted by atomic mass is 10.2. The Hall–Kier alpha value is -2.32. The van der Waals surface area contributed by atoms with Crippen LogP contribution in [-0.2, 0) is 19.4 Å². The Morgan fingerprint density at radius 1 is 1.11 bits per heavy atom. The van der Waals surface area contributed by atoms with E-state index in [9.17, 15) is 18.0 Å². The van der Waals surface area contributed by atoms with Crippen LogP contribution < -0.4 is 5.32 Å². The summed E-state index contributed by atoms with van der Waals surface area (Å²) in [7, 11) is -3.00. The Balaban J connectivity index is 1.65. The van der Waals surface area contributed by atoms with Gasteiger partial charge in [0.15, 0.2) is 15.9 Å². The number of anilines is 1. The standard InChI is InChI=1S/C20H21NO5S2/c1-14(19(22)21-15-7-3-2-4-8-15)26-20(23)17-9-5-6-10-18(17)27-16-11-12-28(24,25)13-16/h2-10,14,16H,11-13H2,1H3,(H,21,22)/t14-,16-/m0/s1. The van der Waals surface area contributed by atoms with E-state index in [4.69, 9.17) is 4.74 Å². The highest BCUT2D eigenvalue weighted by Gasteiger charge is 2.30. The molecule has 0 radical (unpaired) electrons. The van der Waals surface area contributed by atoms with Gasteiger partial charge in [-0.1, -0.05) is 30.3 Å². The van der Waals surface area contributed by atoms with E-state index in [0.29, 0.717) is 22.6 Å². The number of carbonyl (C=O) groups excluding carboxylic acids is 2. The molecular weight excluding hydrogens is 398 g/mol. The van der Waals surface area contributed by atoms with Crippen molar-refractivity contribution in [1.29, 1.82) is 0 Å². The number of rotatable bonds is 6. The van der Waals surface area contributed by atoms with Crippen LogP contribution in [0.15, 0.2) is 59.5 Å². The molecule has 148 valence electrons. The largest absolute Gasteiger partial charge is 0.449 e. The molecule has 1 heterocycles. The number of ether oxygens (including phenoxy) is 1. The molecule has 1 amide bonds. The fourth-order valence-corrected chi connectivity index (χ4v) is 6.43. The monoisotopic (exact) mass is 419 g/mol. The maximum absolute atomic E-state index is 12.6. The third-order valence-corrected chi connectivity index (χ3v) is 7.61. The van der Waals surface area contributed by atoms with Crippen LogP contribution >= 0.6 is 11.8 Å². The van der Waals surface area contributed by atoms with Gasteiger partial charge in [-0.05, 0) is 37.6 Å². The molecular formula is C20H21NO5S2. The number of hydrogen-bond acceptors (Lipinski definition) is 6. The maximum atomic E-state index is 12.6. The van der Waals surface area contributed by atoms with E-state index in [0.717, 1.165) is 0 Å². The predicted octanol–water partition coefficient (Wildman–Crippen LogP) is 3.15. The first-order valence-corrected chi connectivity index (χ1v) is 11.6. The minimum absolute atomic E-state index is 0.0854. The molecule has 1 N–H and O–H groups in total. The van der Waals surface area contributed by atoms with Crippen LogP contribution in [-0.4, -0.2) is 43.2 Å². The molecule has 0 bridgehead atoms. The predicted molar refractivity (Wildman–Crippen MR) is 109 cm³/mol. The van der Waals surface area contributed by atoms with Gasteiger partial charge in [-0.3, -0.25) is 4.79 Å². The van der Waals surface area contributed by atoms with Gasteiger partial charge >= 0.3 is 5.97 Å². The van der Waals surface area contributed by atoms with Crippen LogP contribution in [0, 0.1) is 0 Å². The van der Waals surface area contributed by atoms with Gasteiger partial charge in [-0.15, -0.1) is 11.8 Å². The Kier molecular flexibility index (Phi) is 6.41. The molecule has 0 unspecified atom stereocenters. The number of amides is 1. The molecule has 1 fully saturated rings. The van der Waals surface area contributed by atoms with Crippen LogP contribution in [0.3, 0.4) is 0 Å². The topological polar surface area (TPSA) is 89.5 Å². The average molecular weight is 420 g/mol. The Morgan fingerprint density at radius 2 is 1.79 bits per heavy atom. The zero-order chi connectivity index (χ0) is 20.1. The number of benzene rings is 2. The SMILES string of the molecule is C[C@H](OC(=O)c1ccccc1S[C@H]1CCS(=O)(=O)C1)C(=O)Nc1ccccc1. The lowest BCUT2D eigenvalue weighted by molar-refractivity contribution is -0.123. The van der Waals surface area contributed by atoms with E-state index in [1.165, 1.54) is 18.7 Å². The normalized spacial score (nSPS) is 19.0. The first-order valence-electron chi connectivity index (χ1n) is 8.87. The molecule has 2 aromatic rings. The third-order valence-electron chi connectivity index (χ3n) is 4.29. The van der Waals surface area contributed by atoms with Gasteiger partial charge in [0.05, 0.1) is 17.1 Å². The second-order valence-corrected chi connectivity index (χ2v) is 10.1. The van der Waals surface area contributed by atoms with Gasteiger partial charge in [-0.25, -0.2) is 13.2 Å². The molecule has 1 aliphatic rings. The Bertz CT molecular complexity index is 960. The molecule has 8 heteroatoms. The van der Waals surface area contributed by atoms with Crippen molar-refractivity contribution in [2.45, 2.75) is 29.6 Å².